The Kier molecular flexibility index (Phi) is 8.76. The molecule has 0 aliphatic carbocycles. The Labute approximate surface area is 231 Å². The van der Waals surface area contributed by atoms with Gasteiger partial charge in [0.2, 0.25) is 17.7 Å². The van der Waals surface area contributed by atoms with Crippen LogP contribution in [0.15, 0.2) is 60.7 Å². The maximum Gasteiger partial charge on any atom is 0.247 e. The number of hydrogen-bond acceptors (Lipinski definition) is 5. The van der Waals surface area contributed by atoms with Crippen molar-refractivity contribution < 1.29 is 19.1 Å². The predicted octanol–water partition coefficient (Wildman–Crippen LogP) is 3.07. The van der Waals surface area contributed by atoms with Gasteiger partial charge in [0.1, 0.15) is 6.04 Å². The molecule has 2 saturated heterocycles. The Morgan fingerprint density at radius 1 is 1.10 bits per heavy atom. The van der Waals surface area contributed by atoms with Crippen molar-refractivity contribution in [1.29, 1.82) is 0 Å². The van der Waals surface area contributed by atoms with Crippen LogP contribution in [0.2, 0.25) is 0 Å². The van der Waals surface area contributed by atoms with Crippen LogP contribution in [0.3, 0.4) is 0 Å². The summed E-state index contributed by atoms with van der Waals surface area (Å²) >= 11 is 0. The number of ether oxygens (including phenoxy) is 1. The van der Waals surface area contributed by atoms with Crippen molar-refractivity contribution >= 4 is 17.7 Å². The molecule has 3 N–H and O–H groups in total. The van der Waals surface area contributed by atoms with Gasteiger partial charge in [-0.3, -0.25) is 14.4 Å². The van der Waals surface area contributed by atoms with E-state index in [1.165, 1.54) is 0 Å². The van der Waals surface area contributed by atoms with Crippen LogP contribution < -0.4 is 11.1 Å². The molecular weight excluding hydrogens is 492 g/mol. The Balaban J connectivity index is 1.57. The van der Waals surface area contributed by atoms with E-state index in [2.05, 4.69) is 17.4 Å². The van der Waals surface area contributed by atoms with Crippen LogP contribution in [0.1, 0.15) is 57.6 Å². The van der Waals surface area contributed by atoms with Gasteiger partial charge in [0.25, 0.3) is 0 Å². The maximum atomic E-state index is 14.0. The monoisotopic (exact) mass is 534 g/mol. The third-order valence-electron chi connectivity index (χ3n) is 7.98. The van der Waals surface area contributed by atoms with Crippen molar-refractivity contribution in [2.45, 2.75) is 70.7 Å². The van der Waals surface area contributed by atoms with Gasteiger partial charge in [0, 0.05) is 31.6 Å². The van der Waals surface area contributed by atoms with E-state index in [-0.39, 0.29) is 30.4 Å². The summed E-state index contributed by atoms with van der Waals surface area (Å²) in [5, 5.41) is 2.82. The molecule has 8 nitrogen and oxygen atoms in total. The van der Waals surface area contributed by atoms with Gasteiger partial charge in [-0.05, 0) is 51.7 Å². The van der Waals surface area contributed by atoms with Gasteiger partial charge in [-0.15, -0.1) is 0 Å². The zero-order valence-corrected chi connectivity index (χ0v) is 23.6. The first-order valence-corrected chi connectivity index (χ1v) is 13.9. The lowest BCUT2D eigenvalue weighted by Crippen LogP contribution is -2.60. The first-order chi connectivity index (χ1) is 18.5. The number of carbonyl (C=O) groups excluding carboxylic acids is 3. The van der Waals surface area contributed by atoms with Crippen LogP contribution in [0.5, 0.6) is 0 Å². The molecule has 0 saturated carbocycles. The first kappa shape index (κ1) is 28.8. The van der Waals surface area contributed by atoms with E-state index in [4.69, 9.17) is 10.5 Å². The molecule has 210 valence electrons. The summed E-state index contributed by atoms with van der Waals surface area (Å²) in [7, 11) is 0. The van der Waals surface area contributed by atoms with Crippen LogP contribution in [0.25, 0.3) is 0 Å². The molecule has 8 heteroatoms. The minimum absolute atomic E-state index is 0.00717. The highest BCUT2D eigenvalue weighted by Crippen LogP contribution is 2.50. The average Bonchev–Trinajstić information content (AvgIpc) is 3.19. The lowest BCUT2D eigenvalue weighted by Gasteiger charge is -2.43. The molecule has 1 spiro atoms. The van der Waals surface area contributed by atoms with Crippen LogP contribution in [0, 0.1) is 5.41 Å². The van der Waals surface area contributed by atoms with Crippen LogP contribution in [0.4, 0.5) is 0 Å². The number of benzene rings is 2. The Bertz CT molecular complexity index is 1150. The summed E-state index contributed by atoms with van der Waals surface area (Å²) in [6.07, 6.45) is 1.43. The van der Waals surface area contributed by atoms with Crippen LogP contribution in [-0.2, 0) is 25.7 Å². The normalized spacial score (nSPS) is 22.4. The summed E-state index contributed by atoms with van der Waals surface area (Å²) in [6, 6.07) is 19.0. The molecule has 39 heavy (non-hydrogen) atoms. The third kappa shape index (κ3) is 6.34. The molecular formula is C31H42N4O4. The Morgan fingerprint density at radius 3 is 2.36 bits per heavy atom. The van der Waals surface area contributed by atoms with Crippen molar-refractivity contribution in [2.24, 2.45) is 11.1 Å². The molecule has 0 radical (unpaired) electrons. The number of piperidine rings is 1. The minimum atomic E-state index is -1.15. The molecule has 3 amide bonds. The molecule has 0 aromatic heterocycles. The van der Waals surface area contributed by atoms with Crippen molar-refractivity contribution in [1.82, 2.24) is 15.1 Å². The Morgan fingerprint density at radius 2 is 1.74 bits per heavy atom. The van der Waals surface area contributed by atoms with Gasteiger partial charge in [-0.25, -0.2) is 0 Å². The highest BCUT2D eigenvalue weighted by Gasteiger charge is 2.57. The van der Waals surface area contributed by atoms with Gasteiger partial charge < -0.3 is 25.6 Å². The van der Waals surface area contributed by atoms with Crippen molar-refractivity contribution in [3.05, 3.63) is 71.8 Å². The number of nitrogens with two attached hydrogens (primary N) is 1. The molecule has 2 aliphatic rings. The summed E-state index contributed by atoms with van der Waals surface area (Å²) in [5.74, 6) is -0.592. The zero-order chi connectivity index (χ0) is 28.2. The fourth-order valence-electron chi connectivity index (χ4n) is 5.78. The number of hydrogen-bond donors (Lipinski definition) is 2. The molecule has 4 rings (SSSR count). The fourth-order valence-corrected chi connectivity index (χ4v) is 5.78. The predicted molar refractivity (Wildman–Crippen MR) is 151 cm³/mol. The molecule has 2 unspecified atom stereocenters. The molecule has 0 bridgehead atoms. The van der Waals surface area contributed by atoms with Crippen LogP contribution in [-0.4, -0.2) is 71.4 Å². The number of likely N-dealkylation sites (tertiary alicyclic amines) is 2. The van der Waals surface area contributed by atoms with Crippen LogP contribution >= 0.6 is 0 Å². The second-order valence-electron chi connectivity index (χ2n) is 11.8. The van der Waals surface area contributed by atoms with E-state index in [0.29, 0.717) is 32.7 Å². The van der Waals surface area contributed by atoms with Gasteiger partial charge >= 0.3 is 0 Å². The van der Waals surface area contributed by atoms with Gasteiger partial charge in [-0.2, -0.15) is 0 Å². The summed E-state index contributed by atoms with van der Waals surface area (Å²) in [5.41, 5.74) is 6.27. The second-order valence-corrected chi connectivity index (χ2v) is 11.8. The summed E-state index contributed by atoms with van der Waals surface area (Å²) < 4.78 is 5.91. The van der Waals surface area contributed by atoms with E-state index in [9.17, 15) is 14.4 Å². The van der Waals surface area contributed by atoms with E-state index < -0.39 is 22.9 Å². The average molecular weight is 535 g/mol. The molecule has 2 fully saturated rings. The quantitative estimate of drug-likeness (QED) is 0.515. The molecule has 2 heterocycles. The smallest absolute Gasteiger partial charge is 0.247 e. The number of rotatable bonds is 9. The molecule has 2 aromatic carbocycles. The lowest BCUT2D eigenvalue weighted by atomic mass is 9.69. The second kappa shape index (κ2) is 11.9. The van der Waals surface area contributed by atoms with Crippen molar-refractivity contribution in [3.63, 3.8) is 0 Å². The Hall–Kier alpha value is -3.23. The first-order valence-electron chi connectivity index (χ1n) is 13.9. The molecule has 3 atom stereocenters. The summed E-state index contributed by atoms with van der Waals surface area (Å²) in [6.45, 7) is 9.06. The van der Waals surface area contributed by atoms with Gasteiger partial charge in [0.05, 0.1) is 24.2 Å². The molecule has 2 aromatic rings. The maximum absolute atomic E-state index is 14.0. The number of nitrogens with zero attached hydrogens (tertiary/aromatic N) is 2. The van der Waals surface area contributed by atoms with Gasteiger partial charge in [0.15, 0.2) is 0 Å². The number of amides is 3. The topological polar surface area (TPSA) is 105 Å². The largest absolute Gasteiger partial charge is 0.374 e. The van der Waals surface area contributed by atoms with E-state index in [1.807, 2.05) is 67.3 Å². The van der Waals surface area contributed by atoms with E-state index in [1.54, 1.807) is 18.7 Å². The lowest BCUT2D eigenvalue weighted by molar-refractivity contribution is -0.148. The summed E-state index contributed by atoms with van der Waals surface area (Å²) in [4.78, 5) is 44.5. The highest BCUT2D eigenvalue weighted by molar-refractivity contribution is 5.93. The van der Waals surface area contributed by atoms with Crippen molar-refractivity contribution in [3.8, 4) is 0 Å². The minimum Gasteiger partial charge on any atom is -0.374 e. The fraction of sp³-hybridized carbons (Fsp3) is 0.516. The van der Waals surface area contributed by atoms with Gasteiger partial charge in [-0.1, -0.05) is 60.7 Å². The van der Waals surface area contributed by atoms with Crippen molar-refractivity contribution in [2.75, 3.05) is 26.2 Å². The number of carbonyl (C=O) groups is 3. The highest BCUT2D eigenvalue weighted by atomic mass is 16.5. The molecule has 2 aliphatic heterocycles. The van der Waals surface area contributed by atoms with E-state index in [0.717, 1.165) is 17.5 Å². The van der Waals surface area contributed by atoms with E-state index >= 15 is 0 Å². The zero-order valence-electron chi connectivity index (χ0n) is 23.6. The SMILES string of the molecule is CC(C)N1CC(c2ccccc2)C2(CCCN(C(=O)[C@@H](COCc3ccccc3)NC(=O)C(C)(C)N)C2)C1=O. The standard InChI is InChI=1S/C31H42N4O4/c1-22(2)35-18-25(24-14-9-6-10-15-24)31(29(35)38)16-11-17-34(21-31)27(36)26(33-28(37)30(3,4)32)20-39-19-23-12-7-5-8-13-23/h5-10,12-15,22,25-26H,11,16-21,32H2,1-4H3,(H,33,37)/t25?,26-,31?/m1/s1. The number of nitrogens with one attached hydrogen (secondary N) is 1. The third-order valence-corrected chi connectivity index (χ3v) is 7.98.